The van der Waals surface area contributed by atoms with Gasteiger partial charge in [0.25, 0.3) is 0 Å². The molecule has 2 aliphatic rings. The van der Waals surface area contributed by atoms with E-state index in [1.807, 2.05) is 0 Å². The van der Waals surface area contributed by atoms with Gasteiger partial charge >= 0.3 is 6.09 Å². The van der Waals surface area contributed by atoms with E-state index in [9.17, 15) is 9.59 Å². The van der Waals surface area contributed by atoms with Gasteiger partial charge in [-0.25, -0.2) is 4.79 Å². The van der Waals surface area contributed by atoms with Gasteiger partial charge in [-0.2, -0.15) is 0 Å². The number of piperidine rings is 1. The van der Waals surface area contributed by atoms with Crippen LogP contribution in [0.1, 0.15) is 26.2 Å². The molecule has 3 N–H and O–H groups in total. The zero-order valence-electron chi connectivity index (χ0n) is 11.9. The van der Waals surface area contributed by atoms with E-state index in [-0.39, 0.29) is 24.6 Å². The Kier molecular flexibility index (Phi) is 4.82. The fourth-order valence-corrected chi connectivity index (χ4v) is 2.51. The van der Waals surface area contributed by atoms with Crippen molar-refractivity contribution in [3.8, 4) is 0 Å². The first kappa shape index (κ1) is 15.1. The molecule has 0 radical (unpaired) electrons. The minimum atomic E-state index is -0.891. The van der Waals surface area contributed by atoms with Crippen LogP contribution in [-0.4, -0.2) is 61.4 Å². The number of likely N-dealkylation sites (tertiary alicyclic amines) is 1. The van der Waals surface area contributed by atoms with Crippen LogP contribution in [0.2, 0.25) is 0 Å². The number of nitrogens with one attached hydrogen (secondary N) is 1. The largest absolute Gasteiger partial charge is 0.450 e. The van der Waals surface area contributed by atoms with E-state index in [1.54, 1.807) is 11.8 Å². The predicted octanol–water partition coefficient (Wildman–Crippen LogP) is -0.159. The summed E-state index contributed by atoms with van der Waals surface area (Å²) in [5.41, 5.74) is 5.12. The molecule has 7 nitrogen and oxygen atoms in total. The molecule has 2 heterocycles. The minimum Gasteiger partial charge on any atom is -0.450 e. The SMILES string of the molecule is CCOC(=O)N1CCC(NC(=O)C2(N)CCOC2)CC1. The van der Waals surface area contributed by atoms with E-state index < -0.39 is 5.54 Å². The zero-order chi connectivity index (χ0) is 14.6. The molecule has 2 aliphatic heterocycles. The normalized spacial score (nSPS) is 27.4. The van der Waals surface area contributed by atoms with Gasteiger partial charge in [0.15, 0.2) is 0 Å². The molecule has 0 saturated carbocycles. The summed E-state index contributed by atoms with van der Waals surface area (Å²) in [6.07, 6.45) is 1.72. The fraction of sp³-hybridized carbons (Fsp3) is 0.846. The monoisotopic (exact) mass is 285 g/mol. The van der Waals surface area contributed by atoms with Crippen molar-refractivity contribution in [2.45, 2.75) is 37.8 Å². The third-order valence-electron chi connectivity index (χ3n) is 3.86. The molecule has 2 fully saturated rings. The molecule has 0 aliphatic carbocycles. The lowest BCUT2D eigenvalue weighted by molar-refractivity contribution is -0.127. The van der Waals surface area contributed by atoms with Crippen molar-refractivity contribution in [2.24, 2.45) is 5.73 Å². The predicted molar refractivity (Wildman–Crippen MR) is 72.1 cm³/mol. The fourth-order valence-electron chi connectivity index (χ4n) is 2.51. The molecule has 7 heteroatoms. The highest BCUT2D eigenvalue weighted by molar-refractivity contribution is 5.86. The van der Waals surface area contributed by atoms with Gasteiger partial charge in [-0.15, -0.1) is 0 Å². The first-order valence-electron chi connectivity index (χ1n) is 7.14. The van der Waals surface area contributed by atoms with Crippen LogP contribution in [0.3, 0.4) is 0 Å². The van der Waals surface area contributed by atoms with Crippen molar-refractivity contribution < 1.29 is 19.1 Å². The number of amides is 2. The van der Waals surface area contributed by atoms with Crippen LogP contribution in [0.25, 0.3) is 0 Å². The Morgan fingerprint density at radius 1 is 1.45 bits per heavy atom. The number of carbonyl (C=O) groups is 2. The molecule has 114 valence electrons. The molecule has 0 aromatic rings. The van der Waals surface area contributed by atoms with Gasteiger partial charge < -0.3 is 25.4 Å². The second kappa shape index (κ2) is 6.41. The van der Waals surface area contributed by atoms with E-state index in [4.69, 9.17) is 15.2 Å². The van der Waals surface area contributed by atoms with E-state index in [2.05, 4.69) is 5.32 Å². The van der Waals surface area contributed by atoms with Crippen LogP contribution in [0.15, 0.2) is 0 Å². The number of hydrogen-bond donors (Lipinski definition) is 2. The van der Waals surface area contributed by atoms with Crippen molar-refractivity contribution in [3.63, 3.8) is 0 Å². The van der Waals surface area contributed by atoms with Gasteiger partial charge in [0, 0.05) is 25.7 Å². The highest BCUT2D eigenvalue weighted by Gasteiger charge is 2.39. The highest BCUT2D eigenvalue weighted by atomic mass is 16.6. The summed E-state index contributed by atoms with van der Waals surface area (Å²) in [7, 11) is 0. The minimum absolute atomic E-state index is 0.0641. The number of rotatable bonds is 3. The smallest absolute Gasteiger partial charge is 0.409 e. The standard InChI is InChI=1S/C13H23N3O4/c1-2-20-12(18)16-6-3-10(4-7-16)15-11(17)13(14)5-8-19-9-13/h10H,2-9,14H2,1H3,(H,15,17). The zero-order valence-corrected chi connectivity index (χ0v) is 11.9. The molecule has 2 amide bonds. The average Bonchev–Trinajstić information content (AvgIpc) is 2.88. The average molecular weight is 285 g/mol. The Hall–Kier alpha value is -1.34. The van der Waals surface area contributed by atoms with Gasteiger partial charge in [0.2, 0.25) is 5.91 Å². The summed E-state index contributed by atoms with van der Waals surface area (Å²) in [5, 5.41) is 2.97. The molecule has 0 aromatic carbocycles. The molecule has 2 saturated heterocycles. The molecule has 1 atom stereocenters. The van der Waals surface area contributed by atoms with Crippen LogP contribution in [-0.2, 0) is 14.3 Å². The van der Waals surface area contributed by atoms with Gasteiger partial charge in [-0.05, 0) is 26.2 Å². The first-order chi connectivity index (χ1) is 9.55. The quantitative estimate of drug-likeness (QED) is 0.751. The maximum Gasteiger partial charge on any atom is 0.409 e. The number of ether oxygens (including phenoxy) is 2. The summed E-state index contributed by atoms with van der Waals surface area (Å²) < 4.78 is 10.1. The van der Waals surface area contributed by atoms with Crippen LogP contribution in [0.4, 0.5) is 4.79 Å². The van der Waals surface area contributed by atoms with Crippen molar-refractivity contribution in [2.75, 3.05) is 32.9 Å². The Balaban J connectivity index is 1.77. The van der Waals surface area contributed by atoms with Gasteiger partial charge in [-0.3, -0.25) is 4.79 Å². The second-order valence-electron chi connectivity index (χ2n) is 5.39. The summed E-state index contributed by atoms with van der Waals surface area (Å²) in [6, 6.07) is 0.0641. The highest BCUT2D eigenvalue weighted by Crippen LogP contribution is 2.17. The molecule has 0 spiro atoms. The van der Waals surface area contributed by atoms with Gasteiger partial charge in [0.1, 0.15) is 5.54 Å². The van der Waals surface area contributed by atoms with Crippen LogP contribution >= 0.6 is 0 Å². The lowest BCUT2D eigenvalue weighted by Gasteiger charge is -2.33. The molecular weight excluding hydrogens is 262 g/mol. The first-order valence-corrected chi connectivity index (χ1v) is 7.14. The van der Waals surface area contributed by atoms with Gasteiger partial charge in [-0.1, -0.05) is 0 Å². The number of carbonyl (C=O) groups excluding carboxylic acids is 2. The number of nitrogens with two attached hydrogens (primary N) is 1. The second-order valence-corrected chi connectivity index (χ2v) is 5.39. The van der Waals surface area contributed by atoms with Crippen molar-refractivity contribution in [1.29, 1.82) is 0 Å². The Morgan fingerprint density at radius 2 is 2.15 bits per heavy atom. The lowest BCUT2D eigenvalue weighted by Crippen LogP contribution is -2.58. The molecule has 1 unspecified atom stereocenters. The topological polar surface area (TPSA) is 93.9 Å². The number of nitrogens with zero attached hydrogens (tertiary/aromatic N) is 1. The maximum atomic E-state index is 12.1. The van der Waals surface area contributed by atoms with Crippen LogP contribution in [0.5, 0.6) is 0 Å². The Morgan fingerprint density at radius 3 is 2.70 bits per heavy atom. The number of hydrogen-bond acceptors (Lipinski definition) is 5. The third kappa shape index (κ3) is 3.40. The van der Waals surface area contributed by atoms with Crippen LogP contribution in [0, 0.1) is 0 Å². The summed E-state index contributed by atoms with van der Waals surface area (Å²) in [5.74, 6) is -0.149. The van der Waals surface area contributed by atoms with E-state index in [0.717, 1.165) is 12.8 Å². The summed E-state index contributed by atoms with van der Waals surface area (Å²) in [4.78, 5) is 25.4. The maximum absolute atomic E-state index is 12.1. The van der Waals surface area contributed by atoms with Gasteiger partial charge in [0.05, 0.1) is 13.2 Å². The van der Waals surface area contributed by atoms with Crippen LogP contribution < -0.4 is 11.1 Å². The Bertz CT molecular complexity index is 361. The molecule has 0 aromatic heterocycles. The third-order valence-corrected chi connectivity index (χ3v) is 3.86. The molecule has 2 rings (SSSR count). The van der Waals surface area contributed by atoms with E-state index in [1.165, 1.54) is 0 Å². The van der Waals surface area contributed by atoms with E-state index >= 15 is 0 Å². The van der Waals surface area contributed by atoms with Crippen molar-refractivity contribution in [1.82, 2.24) is 10.2 Å². The van der Waals surface area contributed by atoms with Crippen molar-refractivity contribution in [3.05, 3.63) is 0 Å². The lowest BCUT2D eigenvalue weighted by atomic mass is 9.97. The molecular formula is C13H23N3O4. The molecule has 20 heavy (non-hydrogen) atoms. The van der Waals surface area contributed by atoms with E-state index in [0.29, 0.717) is 32.7 Å². The van der Waals surface area contributed by atoms with Crippen molar-refractivity contribution >= 4 is 12.0 Å². The summed E-state index contributed by atoms with van der Waals surface area (Å²) in [6.45, 7) is 4.17. The Labute approximate surface area is 118 Å². The summed E-state index contributed by atoms with van der Waals surface area (Å²) >= 11 is 0. The molecule has 0 bridgehead atoms.